The Bertz CT molecular complexity index is 964. The molecule has 0 atom stereocenters. The molecule has 0 spiro atoms. The first kappa shape index (κ1) is 19.9. The number of aromatic nitrogens is 2. The van der Waals surface area contributed by atoms with Crippen molar-refractivity contribution < 1.29 is 9.53 Å². The Balaban J connectivity index is 1.39. The van der Waals surface area contributed by atoms with Crippen molar-refractivity contribution in [1.82, 2.24) is 10.2 Å². The SMILES string of the molecule is CCOc1ccc(C(=O)Nc2ccc(-c3ccc(N4CCCCC4)nn3)cc2)cc1. The molecule has 0 aliphatic carbocycles. The predicted octanol–water partition coefficient (Wildman–Crippen LogP) is 4.78. The minimum Gasteiger partial charge on any atom is -0.494 e. The van der Waals surface area contributed by atoms with Crippen molar-refractivity contribution in [2.45, 2.75) is 26.2 Å². The molecular weight excluding hydrogens is 376 g/mol. The number of hydrogen-bond donors (Lipinski definition) is 1. The fourth-order valence-corrected chi connectivity index (χ4v) is 3.57. The zero-order valence-electron chi connectivity index (χ0n) is 17.2. The quantitative estimate of drug-likeness (QED) is 0.642. The lowest BCUT2D eigenvalue weighted by atomic mass is 10.1. The molecule has 3 aromatic rings. The minimum absolute atomic E-state index is 0.156. The maximum absolute atomic E-state index is 12.4. The molecule has 1 amide bonds. The van der Waals surface area contributed by atoms with Gasteiger partial charge in [0.05, 0.1) is 12.3 Å². The lowest BCUT2D eigenvalue weighted by Crippen LogP contribution is -2.30. The standard InChI is InChI=1S/C24H26N4O2/c1-2-30-21-12-8-19(9-13-21)24(29)25-20-10-6-18(7-11-20)22-14-15-23(27-26-22)28-16-4-3-5-17-28/h6-15H,2-5,16-17H2,1H3,(H,25,29). The molecule has 1 fully saturated rings. The summed E-state index contributed by atoms with van der Waals surface area (Å²) >= 11 is 0. The van der Waals surface area contributed by atoms with Gasteiger partial charge in [-0.2, -0.15) is 0 Å². The number of nitrogens with one attached hydrogen (secondary N) is 1. The van der Waals surface area contributed by atoms with Crippen molar-refractivity contribution in [3.63, 3.8) is 0 Å². The Morgan fingerprint density at radius 2 is 1.67 bits per heavy atom. The number of carbonyl (C=O) groups is 1. The van der Waals surface area contributed by atoms with E-state index >= 15 is 0 Å². The molecule has 0 bridgehead atoms. The van der Waals surface area contributed by atoms with Gasteiger partial charge in [0.1, 0.15) is 5.75 Å². The number of benzene rings is 2. The van der Waals surface area contributed by atoms with Crippen LogP contribution in [0, 0.1) is 0 Å². The average molecular weight is 402 g/mol. The molecule has 0 unspecified atom stereocenters. The molecule has 154 valence electrons. The highest BCUT2D eigenvalue weighted by Gasteiger charge is 2.13. The molecule has 1 aliphatic heterocycles. The van der Waals surface area contributed by atoms with E-state index in [-0.39, 0.29) is 5.91 Å². The van der Waals surface area contributed by atoms with E-state index in [4.69, 9.17) is 4.74 Å². The molecule has 1 aliphatic rings. The third-order valence-electron chi connectivity index (χ3n) is 5.20. The van der Waals surface area contributed by atoms with E-state index < -0.39 is 0 Å². The van der Waals surface area contributed by atoms with Gasteiger partial charge in [0, 0.05) is 29.9 Å². The predicted molar refractivity (Wildman–Crippen MR) is 119 cm³/mol. The largest absolute Gasteiger partial charge is 0.494 e. The lowest BCUT2D eigenvalue weighted by Gasteiger charge is -2.27. The second kappa shape index (κ2) is 9.39. The van der Waals surface area contributed by atoms with Crippen LogP contribution in [-0.4, -0.2) is 35.8 Å². The molecule has 0 saturated carbocycles. The van der Waals surface area contributed by atoms with E-state index in [0.29, 0.717) is 12.2 Å². The van der Waals surface area contributed by atoms with Crippen LogP contribution in [0.25, 0.3) is 11.3 Å². The third-order valence-corrected chi connectivity index (χ3v) is 5.20. The van der Waals surface area contributed by atoms with E-state index in [1.165, 1.54) is 19.3 Å². The fourth-order valence-electron chi connectivity index (χ4n) is 3.57. The molecule has 30 heavy (non-hydrogen) atoms. The maximum Gasteiger partial charge on any atom is 0.255 e. The first-order valence-corrected chi connectivity index (χ1v) is 10.5. The molecule has 1 aromatic heterocycles. The summed E-state index contributed by atoms with van der Waals surface area (Å²) in [4.78, 5) is 14.7. The molecule has 1 N–H and O–H groups in total. The monoisotopic (exact) mass is 402 g/mol. The summed E-state index contributed by atoms with van der Waals surface area (Å²) in [6.07, 6.45) is 3.73. The van der Waals surface area contributed by atoms with Crippen LogP contribution in [0.3, 0.4) is 0 Å². The number of amides is 1. The summed E-state index contributed by atoms with van der Waals surface area (Å²) in [7, 11) is 0. The molecular formula is C24H26N4O2. The van der Waals surface area contributed by atoms with Gasteiger partial charge in [0.25, 0.3) is 5.91 Å². The van der Waals surface area contributed by atoms with E-state index in [1.54, 1.807) is 24.3 Å². The Morgan fingerprint density at radius 1 is 0.933 bits per heavy atom. The molecule has 1 saturated heterocycles. The number of hydrogen-bond acceptors (Lipinski definition) is 5. The Labute approximate surface area is 176 Å². The van der Waals surface area contributed by atoms with Crippen LogP contribution in [0.4, 0.5) is 11.5 Å². The average Bonchev–Trinajstić information content (AvgIpc) is 2.81. The minimum atomic E-state index is -0.156. The number of anilines is 2. The Hall–Kier alpha value is -3.41. The highest BCUT2D eigenvalue weighted by Crippen LogP contribution is 2.23. The van der Waals surface area contributed by atoms with Crippen molar-refractivity contribution >= 4 is 17.4 Å². The zero-order chi connectivity index (χ0) is 20.8. The first-order chi connectivity index (χ1) is 14.7. The number of ether oxygens (including phenoxy) is 1. The van der Waals surface area contributed by atoms with Gasteiger partial charge in [-0.25, -0.2) is 0 Å². The van der Waals surface area contributed by atoms with E-state index in [0.717, 1.165) is 41.6 Å². The van der Waals surface area contributed by atoms with Gasteiger partial charge in [0.2, 0.25) is 0 Å². The van der Waals surface area contributed by atoms with E-state index in [2.05, 4.69) is 20.4 Å². The highest BCUT2D eigenvalue weighted by molar-refractivity contribution is 6.04. The summed E-state index contributed by atoms with van der Waals surface area (Å²) in [6.45, 7) is 4.63. The van der Waals surface area contributed by atoms with Crippen LogP contribution in [-0.2, 0) is 0 Å². The second-order valence-corrected chi connectivity index (χ2v) is 7.31. The van der Waals surface area contributed by atoms with Crippen molar-refractivity contribution in [3.8, 4) is 17.0 Å². The third kappa shape index (κ3) is 4.76. The van der Waals surface area contributed by atoms with Crippen LogP contribution < -0.4 is 15.0 Å². The molecule has 6 heteroatoms. The van der Waals surface area contributed by atoms with Crippen molar-refractivity contribution in [1.29, 1.82) is 0 Å². The van der Waals surface area contributed by atoms with Crippen LogP contribution >= 0.6 is 0 Å². The number of rotatable bonds is 6. The van der Waals surface area contributed by atoms with Gasteiger partial charge in [0.15, 0.2) is 5.82 Å². The van der Waals surface area contributed by atoms with Gasteiger partial charge in [-0.3, -0.25) is 4.79 Å². The van der Waals surface area contributed by atoms with Crippen LogP contribution in [0.1, 0.15) is 36.5 Å². The normalized spacial score (nSPS) is 13.7. The highest BCUT2D eigenvalue weighted by atomic mass is 16.5. The van der Waals surface area contributed by atoms with Gasteiger partial charge < -0.3 is 15.0 Å². The van der Waals surface area contributed by atoms with Crippen LogP contribution in [0.15, 0.2) is 60.7 Å². The van der Waals surface area contributed by atoms with E-state index in [9.17, 15) is 4.79 Å². The Morgan fingerprint density at radius 3 is 2.30 bits per heavy atom. The summed E-state index contributed by atoms with van der Waals surface area (Å²) in [5.41, 5.74) is 3.10. The summed E-state index contributed by atoms with van der Waals surface area (Å²) in [6, 6.07) is 18.8. The summed E-state index contributed by atoms with van der Waals surface area (Å²) in [5.74, 6) is 1.54. The van der Waals surface area contributed by atoms with Crippen LogP contribution in [0.2, 0.25) is 0 Å². The number of piperidine rings is 1. The summed E-state index contributed by atoms with van der Waals surface area (Å²) < 4.78 is 5.41. The van der Waals surface area contributed by atoms with Gasteiger partial charge in [-0.15, -0.1) is 10.2 Å². The fraction of sp³-hybridized carbons (Fsp3) is 0.292. The topological polar surface area (TPSA) is 67.3 Å². The maximum atomic E-state index is 12.4. The van der Waals surface area contributed by atoms with Crippen molar-refractivity contribution in [3.05, 3.63) is 66.2 Å². The Kier molecular flexibility index (Phi) is 6.23. The summed E-state index contributed by atoms with van der Waals surface area (Å²) in [5, 5.41) is 11.7. The van der Waals surface area contributed by atoms with Gasteiger partial charge in [-0.05, 0) is 74.7 Å². The van der Waals surface area contributed by atoms with Crippen molar-refractivity contribution in [2.24, 2.45) is 0 Å². The second-order valence-electron chi connectivity index (χ2n) is 7.31. The van der Waals surface area contributed by atoms with Crippen LogP contribution in [0.5, 0.6) is 5.75 Å². The molecule has 6 nitrogen and oxygen atoms in total. The first-order valence-electron chi connectivity index (χ1n) is 10.5. The lowest BCUT2D eigenvalue weighted by molar-refractivity contribution is 0.102. The zero-order valence-corrected chi connectivity index (χ0v) is 17.2. The van der Waals surface area contributed by atoms with Crippen molar-refractivity contribution in [2.75, 3.05) is 29.9 Å². The molecule has 2 aromatic carbocycles. The molecule has 2 heterocycles. The van der Waals surface area contributed by atoms with Gasteiger partial charge in [-0.1, -0.05) is 12.1 Å². The number of nitrogens with zero attached hydrogens (tertiary/aromatic N) is 3. The van der Waals surface area contributed by atoms with E-state index in [1.807, 2.05) is 43.3 Å². The molecule has 4 rings (SSSR count). The smallest absolute Gasteiger partial charge is 0.255 e. The number of carbonyl (C=O) groups excluding carboxylic acids is 1. The molecule has 0 radical (unpaired) electrons. The van der Waals surface area contributed by atoms with Gasteiger partial charge >= 0.3 is 0 Å².